The molecule has 0 spiro atoms. The maximum atomic E-state index is 13.4. The summed E-state index contributed by atoms with van der Waals surface area (Å²) in [4.78, 5) is 52.7. The number of hydrogen-bond acceptors (Lipinski definition) is 5. The van der Waals surface area contributed by atoms with Gasteiger partial charge >= 0.3 is 0 Å². The lowest BCUT2D eigenvalue weighted by atomic mass is 9.83. The Balaban J connectivity index is 1.22. The Labute approximate surface area is 264 Å². The number of carbonyl (C=O) groups excluding carboxylic acids is 4. The molecular weight excluding hydrogens is 564 g/mol. The molecule has 1 aliphatic rings. The molecule has 0 bridgehead atoms. The van der Waals surface area contributed by atoms with E-state index in [4.69, 9.17) is 0 Å². The molecule has 232 valence electrons. The molecule has 0 atom stereocenters. The fourth-order valence-corrected chi connectivity index (χ4v) is 5.96. The molecule has 2 amide bonds. The number of phenols is 1. The normalized spacial score (nSPS) is 12.1. The lowest BCUT2D eigenvalue weighted by molar-refractivity contribution is 0.0951. The van der Waals surface area contributed by atoms with Gasteiger partial charge < -0.3 is 15.7 Å². The first-order chi connectivity index (χ1) is 21.9. The second kappa shape index (κ2) is 14.8. The lowest BCUT2D eigenvalue weighted by Crippen LogP contribution is -2.24. The third-order valence-corrected chi connectivity index (χ3v) is 8.48. The van der Waals surface area contributed by atoms with E-state index in [0.717, 1.165) is 12.8 Å². The number of fused-ring (bicyclic) bond motifs is 3. The molecule has 0 heterocycles. The average molecular weight is 605 g/mol. The van der Waals surface area contributed by atoms with Crippen molar-refractivity contribution in [3.8, 4) is 5.75 Å². The van der Waals surface area contributed by atoms with Gasteiger partial charge in [0.1, 0.15) is 5.75 Å². The van der Waals surface area contributed by atoms with E-state index in [9.17, 15) is 24.3 Å². The lowest BCUT2D eigenvalue weighted by Gasteiger charge is -2.20. The van der Waals surface area contributed by atoms with Crippen molar-refractivity contribution in [2.24, 2.45) is 0 Å². The van der Waals surface area contributed by atoms with E-state index < -0.39 is 5.91 Å². The summed E-state index contributed by atoms with van der Waals surface area (Å²) < 4.78 is 0. The summed E-state index contributed by atoms with van der Waals surface area (Å²) in [5.41, 5.74) is 1.58. The summed E-state index contributed by atoms with van der Waals surface area (Å²) in [6.07, 6.45) is 12.3. The van der Waals surface area contributed by atoms with Crippen molar-refractivity contribution in [3.63, 3.8) is 0 Å². The number of hydrogen-bond donors (Lipinski definition) is 3. The van der Waals surface area contributed by atoms with E-state index in [1.54, 1.807) is 60.7 Å². The zero-order valence-electron chi connectivity index (χ0n) is 25.8. The van der Waals surface area contributed by atoms with Crippen molar-refractivity contribution < 1.29 is 24.3 Å². The zero-order chi connectivity index (χ0) is 31.8. The number of carbonyl (C=O) groups is 4. The quantitative estimate of drug-likeness (QED) is 0.111. The predicted octanol–water partition coefficient (Wildman–Crippen LogP) is 8.22. The van der Waals surface area contributed by atoms with Crippen molar-refractivity contribution in [3.05, 3.63) is 106 Å². The van der Waals surface area contributed by atoms with Gasteiger partial charge in [-0.1, -0.05) is 107 Å². The maximum Gasteiger partial charge on any atom is 0.259 e. The Hall–Kier alpha value is -4.78. The highest BCUT2D eigenvalue weighted by Gasteiger charge is 2.32. The smallest absolute Gasteiger partial charge is 0.259 e. The van der Waals surface area contributed by atoms with E-state index in [1.165, 1.54) is 63.5 Å². The van der Waals surface area contributed by atoms with Gasteiger partial charge in [0.25, 0.3) is 11.8 Å². The first-order valence-corrected chi connectivity index (χ1v) is 16.1. The monoisotopic (exact) mass is 604 g/mol. The van der Waals surface area contributed by atoms with Crippen LogP contribution in [0.3, 0.4) is 0 Å². The van der Waals surface area contributed by atoms with Crippen LogP contribution >= 0.6 is 0 Å². The maximum absolute atomic E-state index is 13.4. The Kier molecular flexibility index (Phi) is 10.4. The van der Waals surface area contributed by atoms with Gasteiger partial charge in [-0.3, -0.25) is 19.2 Å². The third kappa shape index (κ3) is 7.31. The van der Waals surface area contributed by atoms with Crippen molar-refractivity contribution in [2.75, 3.05) is 11.9 Å². The number of anilines is 1. The van der Waals surface area contributed by atoms with Crippen molar-refractivity contribution in [2.45, 2.75) is 71.1 Å². The minimum Gasteiger partial charge on any atom is -0.507 e. The van der Waals surface area contributed by atoms with Crippen molar-refractivity contribution in [1.29, 1.82) is 0 Å². The molecule has 7 nitrogen and oxygen atoms in total. The van der Waals surface area contributed by atoms with Crippen LogP contribution in [-0.2, 0) is 0 Å². The number of aromatic hydroxyl groups is 1. The van der Waals surface area contributed by atoms with Crippen molar-refractivity contribution >= 4 is 39.8 Å². The van der Waals surface area contributed by atoms with E-state index in [1.807, 2.05) is 0 Å². The molecule has 0 radical (unpaired) electrons. The third-order valence-electron chi connectivity index (χ3n) is 8.48. The molecule has 5 rings (SSSR count). The summed E-state index contributed by atoms with van der Waals surface area (Å²) >= 11 is 0. The minimum atomic E-state index is -0.641. The summed E-state index contributed by atoms with van der Waals surface area (Å²) in [5.74, 6) is -1.71. The fourth-order valence-electron chi connectivity index (χ4n) is 5.96. The molecule has 45 heavy (non-hydrogen) atoms. The molecule has 3 N–H and O–H groups in total. The van der Waals surface area contributed by atoms with Gasteiger partial charge in [0, 0.05) is 28.8 Å². The molecule has 4 aromatic carbocycles. The summed E-state index contributed by atoms with van der Waals surface area (Å²) in [6.45, 7) is 2.83. The van der Waals surface area contributed by atoms with Gasteiger partial charge in [-0.05, 0) is 47.5 Å². The van der Waals surface area contributed by atoms with Gasteiger partial charge in [-0.25, -0.2) is 0 Å². The van der Waals surface area contributed by atoms with Gasteiger partial charge in [0.15, 0.2) is 11.6 Å². The largest absolute Gasteiger partial charge is 0.507 e. The van der Waals surface area contributed by atoms with Crippen LogP contribution in [0.2, 0.25) is 0 Å². The van der Waals surface area contributed by atoms with E-state index in [0.29, 0.717) is 28.4 Å². The molecular formula is C38H40N2O5. The zero-order valence-corrected chi connectivity index (χ0v) is 25.8. The Morgan fingerprint density at radius 2 is 1.29 bits per heavy atom. The van der Waals surface area contributed by atoms with Crippen molar-refractivity contribution in [1.82, 2.24) is 5.32 Å². The van der Waals surface area contributed by atoms with Crippen LogP contribution in [-0.4, -0.2) is 35.0 Å². The molecule has 0 saturated heterocycles. The highest BCUT2D eigenvalue weighted by atomic mass is 16.3. The Morgan fingerprint density at radius 1 is 0.644 bits per heavy atom. The first-order valence-electron chi connectivity index (χ1n) is 16.1. The Bertz CT molecular complexity index is 1740. The number of amides is 2. The highest BCUT2D eigenvalue weighted by molar-refractivity contribution is 6.30. The van der Waals surface area contributed by atoms with Gasteiger partial charge in [0.05, 0.1) is 16.8 Å². The van der Waals surface area contributed by atoms with Crippen LogP contribution in [0.15, 0.2) is 72.8 Å². The summed E-state index contributed by atoms with van der Waals surface area (Å²) in [6, 6.07) is 19.5. The highest BCUT2D eigenvalue weighted by Crippen LogP contribution is 2.33. The molecule has 0 aromatic heterocycles. The summed E-state index contributed by atoms with van der Waals surface area (Å²) in [7, 11) is 0. The van der Waals surface area contributed by atoms with Gasteiger partial charge in [0.2, 0.25) is 0 Å². The second-order valence-electron chi connectivity index (χ2n) is 11.8. The van der Waals surface area contributed by atoms with Gasteiger partial charge in [-0.2, -0.15) is 0 Å². The number of unbranched alkanes of at least 4 members (excludes halogenated alkanes) is 9. The fraction of sp³-hybridized carbons (Fsp3) is 0.316. The van der Waals surface area contributed by atoms with E-state index in [-0.39, 0.29) is 51.2 Å². The number of phenolic OH excluding ortho intramolecular Hbond substituents is 1. The molecule has 4 aromatic rings. The van der Waals surface area contributed by atoms with E-state index >= 15 is 0 Å². The van der Waals surface area contributed by atoms with Crippen LogP contribution in [0, 0.1) is 0 Å². The molecule has 0 unspecified atom stereocenters. The standard InChI is InChI=1S/C38H40N2O5/c1-2-3-4-5-6-7-8-9-10-13-21-39-37(44)26-20-19-25-24-33(41)31(23-27(25)22-26)38(45)40-32-18-14-17-30-34(32)36(43)29-16-12-11-15-28(29)35(30)42/h11-12,14-20,22-24,41H,2-10,13,21H2,1H3,(H,39,44)(H,40,45). The van der Waals surface area contributed by atoms with Crippen LogP contribution in [0.5, 0.6) is 5.75 Å². The second-order valence-corrected chi connectivity index (χ2v) is 11.8. The molecule has 1 aliphatic carbocycles. The average Bonchev–Trinajstić information content (AvgIpc) is 3.05. The number of benzene rings is 4. The number of nitrogens with one attached hydrogen (secondary N) is 2. The Morgan fingerprint density at radius 3 is 2.00 bits per heavy atom. The first kappa shape index (κ1) is 31.6. The van der Waals surface area contributed by atoms with Crippen LogP contribution in [0.1, 0.15) is 124 Å². The summed E-state index contributed by atoms with van der Waals surface area (Å²) in [5, 5.41) is 17.7. The van der Waals surface area contributed by atoms with E-state index in [2.05, 4.69) is 17.6 Å². The SMILES string of the molecule is CCCCCCCCCCCCNC(=O)c1ccc2cc(O)c(C(=O)Nc3cccc4c3C(=O)c3ccccc3C4=O)cc2c1. The number of ketones is 2. The van der Waals surface area contributed by atoms with Crippen LogP contribution in [0.4, 0.5) is 5.69 Å². The predicted molar refractivity (Wildman–Crippen MR) is 177 cm³/mol. The molecule has 0 fully saturated rings. The number of rotatable bonds is 14. The van der Waals surface area contributed by atoms with Crippen LogP contribution in [0.25, 0.3) is 10.8 Å². The van der Waals surface area contributed by atoms with Gasteiger partial charge in [-0.15, -0.1) is 0 Å². The molecule has 0 saturated carbocycles. The molecule has 0 aliphatic heterocycles. The molecule has 7 heteroatoms. The van der Waals surface area contributed by atoms with Crippen LogP contribution < -0.4 is 10.6 Å². The topological polar surface area (TPSA) is 113 Å². The minimum absolute atomic E-state index is 0.0157.